The minimum absolute atomic E-state index is 0.0410. The first kappa shape index (κ1) is 16.8. The number of urea groups is 1. The number of benzene rings is 1. The Kier molecular flexibility index (Phi) is 5.94. The van der Waals surface area contributed by atoms with Gasteiger partial charge in [0.25, 0.3) is 0 Å². The summed E-state index contributed by atoms with van der Waals surface area (Å²) >= 11 is 0. The van der Waals surface area contributed by atoms with Crippen LogP contribution < -0.4 is 15.5 Å². The predicted molar refractivity (Wildman–Crippen MR) is 90.0 cm³/mol. The van der Waals surface area contributed by atoms with Crippen LogP contribution in [0.1, 0.15) is 16.8 Å². The summed E-state index contributed by atoms with van der Waals surface area (Å²) in [7, 11) is 3.84. The summed E-state index contributed by atoms with van der Waals surface area (Å²) in [6.45, 7) is 0.684. The fourth-order valence-corrected chi connectivity index (χ4v) is 2.11. The molecular formula is C17H22N4O2. The maximum absolute atomic E-state index is 11.9. The molecule has 0 aliphatic heterocycles. The molecule has 122 valence electrons. The van der Waals surface area contributed by atoms with Crippen molar-refractivity contribution in [1.29, 1.82) is 0 Å². The molecule has 2 amide bonds. The molecule has 6 nitrogen and oxygen atoms in total. The molecule has 0 fully saturated rings. The molecule has 1 aromatic heterocycles. The van der Waals surface area contributed by atoms with Gasteiger partial charge in [0.05, 0.1) is 18.8 Å². The van der Waals surface area contributed by atoms with E-state index in [-0.39, 0.29) is 12.6 Å². The molecule has 6 heteroatoms. The van der Waals surface area contributed by atoms with Crippen LogP contribution in [0.25, 0.3) is 0 Å². The monoisotopic (exact) mass is 314 g/mol. The van der Waals surface area contributed by atoms with E-state index in [0.29, 0.717) is 13.1 Å². The van der Waals surface area contributed by atoms with E-state index in [4.69, 9.17) is 0 Å². The SMILES string of the molecule is CN(C)c1cccc(CNC(=O)NCc2ccccc2CO)n1. The second-order valence-corrected chi connectivity index (χ2v) is 5.34. The second-order valence-electron chi connectivity index (χ2n) is 5.34. The number of carbonyl (C=O) groups is 1. The van der Waals surface area contributed by atoms with Crippen LogP contribution in [-0.4, -0.2) is 30.2 Å². The molecule has 1 heterocycles. The van der Waals surface area contributed by atoms with Gasteiger partial charge >= 0.3 is 6.03 Å². The van der Waals surface area contributed by atoms with Crippen molar-refractivity contribution in [1.82, 2.24) is 15.6 Å². The molecular weight excluding hydrogens is 292 g/mol. The molecule has 2 aromatic rings. The number of carbonyl (C=O) groups excluding carboxylic acids is 1. The van der Waals surface area contributed by atoms with Gasteiger partial charge in [-0.1, -0.05) is 30.3 Å². The van der Waals surface area contributed by atoms with Gasteiger partial charge in [-0.2, -0.15) is 0 Å². The molecule has 23 heavy (non-hydrogen) atoms. The maximum atomic E-state index is 11.9. The number of pyridine rings is 1. The zero-order valence-corrected chi connectivity index (χ0v) is 13.4. The number of amides is 2. The minimum Gasteiger partial charge on any atom is -0.392 e. The third-order valence-electron chi connectivity index (χ3n) is 3.41. The van der Waals surface area contributed by atoms with E-state index in [2.05, 4.69) is 15.6 Å². The van der Waals surface area contributed by atoms with Crippen molar-refractivity contribution in [3.05, 3.63) is 59.3 Å². The van der Waals surface area contributed by atoms with Crippen LogP contribution in [0.4, 0.5) is 10.6 Å². The number of aliphatic hydroxyl groups excluding tert-OH is 1. The molecule has 0 radical (unpaired) electrons. The minimum atomic E-state index is -0.269. The fourth-order valence-electron chi connectivity index (χ4n) is 2.11. The lowest BCUT2D eigenvalue weighted by Gasteiger charge is -2.13. The van der Waals surface area contributed by atoms with Crippen LogP contribution in [0.15, 0.2) is 42.5 Å². The molecule has 0 bridgehead atoms. The third-order valence-corrected chi connectivity index (χ3v) is 3.41. The molecule has 0 spiro atoms. The zero-order valence-electron chi connectivity index (χ0n) is 13.4. The third kappa shape index (κ3) is 4.96. The zero-order chi connectivity index (χ0) is 16.7. The van der Waals surface area contributed by atoms with E-state index in [1.807, 2.05) is 61.5 Å². The van der Waals surface area contributed by atoms with Crippen molar-refractivity contribution in [3.63, 3.8) is 0 Å². The Morgan fingerprint density at radius 2 is 1.74 bits per heavy atom. The van der Waals surface area contributed by atoms with Crippen molar-refractivity contribution in [2.45, 2.75) is 19.7 Å². The number of aliphatic hydroxyl groups is 1. The number of anilines is 1. The van der Waals surface area contributed by atoms with Gasteiger partial charge in [0.2, 0.25) is 0 Å². The highest BCUT2D eigenvalue weighted by atomic mass is 16.3. The van der Waals surface area contributed by atoms with Gasteiger partial charge in [-0.05, 0) is 23.3 Å². The Hall–Kier alpha value is -2.60. The standard InChI is InChI=1S/C17H22N4O2/c1-21(2)16-9-5-8-15(20-16)11-19-17(23)18-10-13-6-3-4-7-14(13)12-22/h3-9,22H,10-12H2,1-2H3,(H2,18,19,23). The van der Waals surface area contributed by atoms with Crippen LogP contribution >= 0.6 is 0 Å². The van der Waals surface area contributed by atoms with Gasteiger partial charge in [-0.25, -0.2) is 9.78 Å². The van der Waals surface area contributed by atoms with E-state index in [1.165, 1.54) is 0 Å². The Morgan fingerprint density at radius 3 is 2.43 bits per heavy atom. The predicted octanol–water partition coefficient (Wildman–Crippen LogP) is 1.64. The Morgan fingerprint density at radius 1 is 1.04 bits per heavy atom. The van der Waals surface area contributed by atoms with Crippen LogP contribution in [0.5, 0.6) is 0 Å². The summed E-state index contributed by atoms with van der Waals surface area (Å²) in [5, 5.41) is 14.8. The number of nitrogens with one attached hydrogen (secondary N) is 2. The molecule has 0 saturated carbocycles. The van der Waals surface area contributed by atoms with Crippen LogP contribution in [0.3, 0.4) is 0 Å². The summed E-state index contributed by atoms with van der Waals surface area (Å²) in [4.78, 5) is 18.2. The van der Waals surface area contributed by atoms with Crippen LogP contribution in [-0.2, 0) is 19.7 Å². The van der Waals surface area contributed by atoms with Crippen LogP contribution in [0, 0.1) is 0 Å². The average Bonchev–Trinajstić information content (AvgIpc) is 2.58. The molecule has 0 saturated heterocycles. The van der Waals surface area contributed by atoms with E-state index in [0.717, 1.165) is 22.6 Å². The van der Waals surface area contributed by atoms with E-state index in [9.17, 15) is 9.90 Å². The molecule has 3 N–H and O–H groups in total. The van der Waals surface area contributed by atoms with Crippen molar-refractivity contribution >= 4 is 11.8 Å². The average molecular weight is 314 g/mol. The second kappa shape index (κ2) is 8.14. The number of hydrogen-bond donors (Lipinski definition) is 3. The highest BCUT2D eigenvalue weighted by Gasteiger charge is 2.05. The maximum Gasteiger partial charge on any atom is 0.315 e. The van der Waals surface area contributed by atoms with Gasteiger partial charge in [-0.15, -0.1) is 0 Å². The first-order valence-electron chi connectivity index (χ1n) is 7.42. The number of rotatable bonds is 6. The Bertz CT molecular complexity index is 659. The van der Waals surface area contributed by atoms with Crippen molar-refractivity contribution in [2.75, 3.05) is 19.0 Å². The fraction of sp³-hybridized carbons (Fsp3) is 0.294. The quantitative estimate of drug-likeness (QED) is 0.757. The van der Waals surface area contributed by atoms with Gasteiger partial charge < -0.3 is 20.6 Å². The van der Waals surface area contributed by atoms with Gasteiger partial charge in [0.15, 0.2) is 0 Å². The normalized spacial score (nSPS) is 10.2. The van der Waals surface area contributed by atoms with Gasteiger partial charge in [0.1, 0.15) is 5.82 Å². The summed E-state index contributed by atoms with van der Waals surface area (Å²) in [5.41, 5.74) is 2.51. The summed E-state index contributed by atoms with van der Waals surface area (Å²) < 4.78 is 0. The topological polar surface area (TPSA) is 77.5 Å². The highest BCUT2D eigenvalue weighted by molar-refractivity contribution is 5.73. The van der Waals surface area contributed by atoms with Crippen LogP contribution in [0.2, 0.25) is 0 Å². The first-order valence-corrected chi connectivity index (χ1v) is 7.42. The summed E-state index contributed by atoms with van der Waals surface area (Å²) in [6, 6.07) is 12.9. The molecule has 0 aliphatic rings. The molecule has 0 aliphatic carbocycles. The summed E-state index contributed by atoms with van der Waals surface area (Å²) in [6.07, 6.45) is 0. The first-order chi connectivity index (χ1) is 11.1. The van der Waals surface area contributed by atoms with E-state index >= 15 is 0 Å². The largest absolute Gasteiger partial charge is 0.392 e. The number of nitrogens with zero attached hydrogens (tertiary/aromatic N) is 2. The molecule has 1 aromatic carbocycles. The van der Waals surface area contributed by atoms with Crippen molar-refractivity contribution in [3.8, 4) is 0 Å². The van der Waals surface area contributed by atoms with Gasteiger partial charge in [0, 0.05) is 20.6 Å². The summed E-state index contributed by atoms with van der Waals surface area (Å²) in [5.74, 6) is 0.849. The Labute approximate surface area is 136 Å². The molecule has 0 unspecified atom stereocenters. The lowest BCUT2D eigenvalue weighted by molar-refractivity contribution is 0.239. The lowest BCUT2D eigenvalue weighted by atomic mass is 10.1. The lowest BCUT2D eigenvalue weighted by Crippen LogP contribution is -2.35. The molecule has 0 atom stereocenters. The van der Waals surface area contributed by atoms with Crippen molar-refractivity contribution in [2.24, 2.45) is 0 Å². The van der Waals surface area contributed by atoms with Gasteiger partial charge in [-0.3, -0.25) is 0 Å². The van der Waals surface area contributed by atoms with E-state index < -0.39 is 0 Å². The van der Waals surface area contributed by atoms with Crippen molar-refractivity contribution < 1.29 is 9.90 Å². The molecule has 2 rings (SSSR count). The highest BCUT2D eigenvalue weighted by Crippen LogP contribution is 2.09. The Balaban J connectivity index is 1.84. The number of hydrogen-bond acceptors (Lipinski definition) is 4. The number of aromatic nitrogens is 1. The smallest absolute Gasteiger partial charge is 0.315 e. The van der Waals surface area contributed by atoms with E-state index in [1.54, 1.807) is 0 Å².